The van der Waals surface area contributed by atoms with Gasteiger partial charge in [-0.3, -0.25) is 0 Å². The molecule has 236 valence electrons. The van der Waals surface area contributed by atoms with E-state index in [1.165, 1.54) is 0 Å². The van der Waals surface area contributed by atoms with Crippen LogP contribution in [0.15, 0.2) is 133 Å². The first-order chi connectivity index (χ1) is 22.4. The molecular weight excluding hydrogens is 596 g/mol. The number of hydrogen-bond acceptors (Lipinski definition) is 5. The van der Waals surface area contributed by atoms with Crippen LogP contribution < -0.4 is 4.74 Å². The second-order valence-corrected chi connectivity index (χ2v) is 12.3. The summed E-state index contributed by atoms with van der Waals surface area (Å²) >= 11 is 6.66. The van der Waals surface area contributed by atoms with Crippen molar-refractivity contribution in [3.05, 3.63) is 172 Å². The highest BCUT2D eigenvalue weighted by molar-refractivity contribution is 6.31. The van der Waals surface area contributed by atoms with Gasteiger partial charge < -0.3 is 24.8 Å². The summed E-state index contributed by atoms with van der Waals surface area (Å²) in [5.74, 6) is 0.806. The van der Waals surface area contributed by atoms with Crippen LogP contribution in [-0.4, -0.2) is 46.3 Å². The van der Waals surface area contributed by atoms with Gasteiger partial charge in [-0.2, -0.15) is 0 Å². The minimum Gasteiger partial charge on any atom is -0.494 e. The highest BCUT2D eigenvalue weighted by atomic mass is 35.5. The lowest BCUT2D eigenvalue weighted by molar-refractivity contribution is -0.227. The van der Waals surface area contributed by atoms with Crippen LogP contribution in [0.5, 0.6) is 5.75 Å². The van der Waals surface area contributed by atoms with Crippen molar-refractivity contribution in [2.45, 2.75) is 55.7 Å². The lowest BCUT2D eigenvalue weighted by Crippen LogP contribution is -2.55. The van der Waals surface area contributed by atoms with Crippen LogP contribution in [0, 0.1) is 0 Å². The summed E-state index contributed by atoms with van der Waals surface area (Å²) in [5, 5.41) is 34.6. The Morgan fingerprint density at radius 1 is 0.674 bits per heavy atom. The number of hydrogen-bond donors (Lipinski definition) is 3. The largest absolute Gasteiger partial charge is 0.494 e. The number of benzene rings is 5. The number of aliphatic hydroxyl groups excluding tert-OH is 3. The van der Waals surface area contributed by atoms with Gasteiger partial charge in [-0.1, -0.05) is 127 Å². The van der Waals surface area contributed by atoms with Crippen molar-refractivity contribution < 1.29 is 24.8 Å². The molecule has 1 heterocycles. The second-order valence-electron chi connectivity index (χ2n) is 11.9. The third-order valence-corrected chi connectivity index (χ3v) is 9.42. The SMILES string of the molecule is CCOc1ccc(Cc2cc([C@@H]3O[C@H](CC(c4ccccc4)(c4ccccc4)c4ccccc4)[C@@H](O)[C@H](O)[C@H]3O)ccc2Cl)cc1. The lowest BCUT2D eigenvalue weighted by atomic mass is 9.65. The van der Waals surface area contributed by atoms with Crippen LogP contribution in [0.4, 0.5) is 0 Å². The zero-order valence-electron chi connectivity index (χ0n) is 25.7. The highest BCUT2D eigenvalue weighted by Crippen LogP contribution is 2.46. The van der Waals surface area contributed by atoms with E-state index in [-0.39, 0.29) is 0 Å². The van der Waals surface area contributed by atoms with Gasteiger partial charge in [0.1, 0.15) is 30.2 Å². The van der Waals surface area contributed by atoms with Gasteiger partial charge in [0.2, 0.25) is 0 Å². The topological polar surface area (TPSA) is 79.2 Å². The fourth-order valence-corrected chi connectivity index (χ4v) is 6.90. The van der Waals surface area contributed by atoms with Gasteiger partial charge in [0, 0.05) is 10.4 Å². The highest BCUT2D eigenvalue weighted by Gasteiger charge is 2.48. The molecule has 5 aromatic rings. The smallest absolute Gasteiger partial charge is 0.119 e. The molecule has 0 aliphatic carbocycles. The fraction of sp³-hybridized carbons (Fsp3) is 0.250. The zero-order chi connectivity index (χ0) is 32.1. The molecule has 0 aromatic heterocycles. The molecule has 0 bridgehead atoms. The Morgan fingerprint density at radius 2 is 1.22 bits per heavy atom. The Morgan fingerprint density at radius 3 is 1.74 bits per heavy atom. The first-order valence-electron chi connectivity index (χ1n) is 15.8. The molecule has 46 heavy (non-hydrogen) atoms. The Balaban J connectivity index is 1.37. The van der Waals surface area contributed by atoms with E-state index in [9.17, 15) is 15.3 Å². The molecule has 5 aromatic carbocycles. The molecule has 1 saturated heterocycles. The van der Waals surface area contributed by atoms with E-state index in [1.807, 2.05) is 97.9 Å². The van der Waals surface area contributed by atoms with Gasteiger partial charge in [-0.05, 0) is 71.3 Å². The summed E-state index contributed by atoms with van der Waals surface area (Å²) in [7, 11) is 0. The molecule has 1 fully saturated rings. The van der Waals surface area contributed by atoms with Crippen molar-refractivity contribution in [3.8, 4) is 5.75 Å². The van der Waals surface area contributed by atoms with Crippen LogP contribution in [-0.2, 0) is 16.6 Å². The van der Waals surface area contributed by atoms with E-state index >= 15 is 0 Å². The summed E-state index contributed by atoms with van der Waals surface area (Å²) in [6.07, 6.45) is -4.92. The molecule has 5 atom stereocenters. The third kappa shape index (κ3) is 6.48. The first-order valence-corrected chi connectivity index (χ1v) is 16.1. The Labute approximate surface area is 275 Å². The third-order valence-electron chi connectivity index (χ3n) is 9.05. The minimum absolute atomic E-state index is 0.319. The molecule has 0 amide bonds. The molecule has 1 aliphatic rings. The first kappa shape index (κ1) is 32.0. The van der Waals surface area contributed by atoms with E-state index in [4.69, 9.17) is 21.1 Å². The molecule has 6 rings (SSSR count). The monoisotopic (exact) mass is 634 g/mol. The lowest BCUT2D eigenvalue weighted by Gasteiger charge is -2.45. The molecule has 0 unspecified atom stereocenters. The summed E-state index contributed by atoms with van der Waals surface area (Å²) in [6, 6.07) is 44.0. The summed E-state index contributed by atoms with van der Waals surface area (Å²) < 4.78 is 12.2. The van der Waals surface area contributed by atoms with E-state index in [1.54, 1.807) is 6.07 Å². The van der Waals surface area contributed by atoms with Crippen molar-refractivity contribution in [3.63, 3.8) is 0 Å². The average molecular weight is 635 g/mol. The van der Waals surface area contributed by atoms with E-state index in [0.29, 0.717) is 30.0 Å². The van der Waals surface area contributed by atoms with Crippen LogP contribution in [0.25, 0.3) is 0 Å². The van der Waals surface area contributed by atoms with Gasteiger partial charge in [-0.15, -0.1) is 0 Å². The number of halogens is 1. The molecule has 3 N–H and O–H groups in total. The Kier molecular flexibility index (Phi) is 9.88. The predicted octanol–water partition coefficient (Wildman–Crippen LogP) is 7.28. The maximum Gasteiger partial charge on any atom is 0.119 e. The summed E-state index contributed by atoms with van der Waals surface area (Å²) in [4.78, 5) is 0. The van der Waals surface area contributed by atoms with E-state index in [2.05, 4.69) is 36.4 Å². The van der Waals surface area contributed by atoms with Gasteiger partial charge >= 0.3 is 0 Å². The standard InChI is InChI=1S/C40H39ClO5/c1-2-45-33-21-18-27(19-22-33)24-29-25-28(20-23-34(29)41)39-38(44)37(43)36(42)35(46-39)26-40(30-12-6-3-7-13-30,31-14-8-4-9-15-31)32-16-10-5-11-17-32/h3-23,25,35-39,42-44H,2,24,26H2,1H3/t35-,36-,37+,38-,39+/m1/s1. The fourth-order valence-electron chi connectivity index (χ4n) is 6.72. The van der Waals surface area contributed by atoms with Crippen LogP contribution in [0.3, 0.4) is 0 Å². The van der Waals surface area contributed by atoms with E-state index in [0.717, 1.165) is 33.6 Å². The zero-order valence-corrected chi connectivity index (χ0v) is 26.5. The van der Waals surface area contributed by atoms with Gasteiger partial charge in [0.15, 0.2) is 0 Å². The molecule has 0 saturated carbocycles. The maximum atomic E-state index is 11.5. The molecular formula is C40H39ClO5. The average Bonchev–Trinajstić information content (AvgIpc) is 3.10. The second kappa shape index (κ2) is 14.2. The minimum atomic E-state index is -1.42. The quantitative estimate of drug-likeness (QED) is 0.141. The van der Waals surface area contributed by atoms with Crippen molar-refractivity contribution in [2.24, 2.45) is 0 Å². The van der Waals surface area contributed by atoms with Gasteiger partial charge in [-0.25, -0.2) is 0 Å². The predicted molar refractivity (Wildman–Crippen MR) is 181 cm³/mol. The van der Waals surface area contributed by atoms with Gasteiger partial charge in [0.05, 0.1) is 12.7 Å². The van der Waals surface area contributed by atoms with Crippen LogP contribution >= 0.6 is 11.6 Å². The Hall–Kier alpha value is -3.97. The van der Waals surface area contributed by atoms with Gasteiger partial charge in [0.25, 0.3) is 0 Å². The Bertz CT molecular complexity index is 1600. The molecule has 0 radical (unpaired) electrons. The summed E-state index contributed by atoms with van der Waals surface area (Å²) in [6.45, 7) is 2.55. The van der Waals surface area contributed by atoms with Crippen molar-refractivity contribution in [1.82, 2.24) is 0 Å². The van der Waals surface area contributed by atoms with Crippen molar-refractivity contribution in [1.29, 1.82) is 0 Å². The normalized spacial score (nSPS) is 21.5. The van der Waals surface area contributed by atoms with Crippen molar-refractivity contribution in [2.75, 3.05) is 6.61 Å². The maximum absolute atomic E-state index is 11.5. The van der Waals surface area contributed by atoms with Crippen LogP contribution in [0.2, 0.25) is 5.02 Å². The van der Waals surface area contributed by atoms with Crippen LogP contribution in [0.1, 0.15) is 52.8 Å². The molecule has 0 spiro atoms. The number of ether oxygens (including phenoxy) is 2. The number of rotatable bonds is 10. The molecule has 5 nitrogen and oxygen atoms in total. The number of aliphatic hydroxyl groups is 3. The van der Waals surface area contributed by atoms with E-state index < -0.39 is 35.9 Å². The van der Waals surface area contributed by atoms with Crippen molar-refractivity contribution >= 4 is 11.6 Å². The molecule has 1 aliphatic heterocycles. The summed E-state index contributed by atoms with van der Waals surface area (Å²) in [5.41, 5.74) is 4.97. The molecule has 6 heteroatoms.